The summed E-state index contributed by atoms with van der Waals surface area (Å²) in [6, 6.07) is 10.6. The highest BCUT2D eigenvalue weighted by Crippen LogP contribution is 2.12. The fraction of sp³-hybridized carbons (Fsp3) is 0.571. The second-order valence-electron chi connectivity index (χ2n) is 4.02. The Kier molecular flexibility index (Phi) is 6.10. The molecule has 0 heterocycles. The molecule has 1 unspecified atom stereocenters. The highest BCUT2D eigenvalue weighted by Gasteiger charge is 2.06. The standard InChI is InChI=1S/C14H22O/c1-3-4-10-14(15-2)12-11-13-8-6-5-7-9-13/h5-9,14H,3-4,10-12H2,1-2H3. The van der Waals surface area contributed by atoms with Crippen LogP contribution in [0.5, 0.6) is 0 Å². The van der Waals surface area contributed by atoms with Crippen LogP contribution in [0.25, 0.3) is 0 Å². The minimum absolute atomic E-state index is 0.435. The lowest BCUT2D eigenvalue weighted by Gasteiger charge is -2.14. The molecule has 1 aromatic rings. The molecular formula is C14H22O. The zero-order chi connectivity index (χ0) is 10.9. The van der Waals surface area contributed by atoms with Gasteiger partial charge in [0.15, 0.2) is 0 Å². The highest BCUT2D eigenvalue weighted by atomic mass is 16.5. The molecule has 0 saturated carbocycles. The lowest BCUT2D eigenvalue weighted by molar-refractivity contribution is 0.0863. The number of rotatable bonds is 7. The molecule has 0 aliphatic carbocycles. The van der Waals surface area contributed by atoms with Crippen molar-refractivity contribution in [3.8, 4) is 0 Å². The summed E-state index contributed by atoms with van der Waals surface area (Å²) in [4.78, 5) is 0. The van der Waals surface area contributed by atoms with Gasteiger partial charge in [0.2, 0.25) is 0 Å². The zero-order valence-electron chi connectivity index (χ0n) is 9.91. The number of benzene rings is 1. The Labute approximate surface area is 93.5 Å². The molecule has 0 spiro atoms. The third-order valence-electron chi connectivity index (χ3n) is 2.81. The van der Waals surface area contributed by atoms with Crippen molar-refractivity contribution in [2.75, 3.05) is 7.11 Å². The van der Waals surface area contributed by atoms with Crippen LogP contribution < -0.4 is 0 Å². The molecule has 0 amide bonds. The molecule has 1 aromatic carbocycles. The average molecular weight is 206 g/mol. The van der Waals surface area contributed by atoms with Crippen molar-refractivity contribution >= 4 is 0 Å². The van der Waals surface area contributed by atoms with Gasteiger partial charge in [-0.1, -0.05) is 50.1 Å². The molecule has 84 valence electrons. The Hall–Kier alpha value is -0.820. The van der Waals surface area contributed by atoms with Crippen molar-refractivity contribution in [1.82, 2.24) is 0 Å². The maximum Gasteiger partial charge on any atom is 0.0574 e. The summed E-state index contributed by atoms with van der Waals surface area (Å²) < 4.78 is 5.47. The van der Waals surface area contributed by atoms with E-state index >= 15 is 0 Å². The highest BCUT2D eigenvalue weighted by molar-refractivity contribution is 5.14. The van der Waals surface area contributed by atoms with E-state index in [1.165, 1.54) is 24.8 Å². The zero-order valence-corrected chi connectivity index (χ0v) is 9.91. The summed E-state index contributed by atoms with van der Waals surface area (Å²) in [6.07, 6.45) is 6.42. The first-order valence-corrected chi connectivity index (χ1v) is 5.93. The normalized spacial score (nSPS) is 12.7. The molecular weight excluding hydrogens is 184 g/mol. The van der Waals surface area contributed by atoms with Gasteiger partial charge in [0.1, 0.15) is 0 Å². The van der Waals surface area contributed by atoms with Gasteiger partial charge in [0, 0.05) is 7.11 Å². The number of ether oxygens (including phenoxy) is 1. The first kappa shape index (κ1) is 12.3. The molecule has 15 heavy (non-hydrogen) atoms. The van der Waals surface area contributed by atoms with Gasteiger partial charge in [-0.2, -0.15) is 0 Å². The van der Waals surface area contributed by atoms with Gasteiger partial charge in [-0.15, -0.1) is 0 Å². The van der Waals surface area contributed by atoms with Gasteiger partial charge in [-0.3, -0.25) is 0 Å². The van der Waals surface area contributed by atoms with Gasteiger partial charge >= 0.3 is 0 Å². The summed E-state index contributed by atoms with van der Waals surface area (Å²) in [5, 5.41) is 0. The largest absolute Gasteiger partial charge is 0.381 e. The van der Waals surface area contributed by atoms with Crippen LogP contribution in [0.3, 0.4) is 0 Å². The SMILES string of the molecule is CCCCC(CCc1ccccc1)OC. The van der Waals surface area contributed by atoms with E-state index in [2.05, 4.69) is 37.3 Å². The van der Waals surface area contributed by atoms with Crippen molar-refractivity contribution in [2.45, 2.75) is 45.1 Å². The van der Waals surface area contributed by atoms with Crippen molar-refractivity contribution in [1.29, 1.82) is 0 Å². The van der Waals surface area contributed by atoms with Gasteiger partial charge in [-0.05, 0) is 24.8 Å². The van der Waals surface area contributed by atoms with Crippen molar-refractivity contribution in [3.05, 3.63) is 35.9 Å². The molecule has 0 fully saturated rings. The summed E-state index contributed by atoms with van der Waals surface area (Å²) >= 11 is 0. The molecule has 0 aliphatic rings. The molecule has 0 aromatic heterocycles. The first-order chi connectivity index (χ1) is 7.36. The predicted octanol–water partition coefficient (Wildman–Crippen LogP) is 3.82. The summed E-state index contributed by atoms with van der Waals surface area (Å²) in [5.41, 5.74) is 1.41. The summed E-state index contributed by atoms with van der Waals surface area (Å²) in [6.45, 7) is 2.23. The van der Waals surface area contributed by atoms with E-state index in [-0.39, 0.29) is 0 Å². The van der Waals surface area contributed by atoms with E-state index in [9.17, 15) is 0 Å². The summed E-state index contributed by atoms with van der Waals surface area (Å²) in [5.74, 6) is 0. The van der Waals surface area contributed by atoms with Crippen LogP contribution in [-0.2, 0) is 11.2 Å². The third kappa shape index (κ3) is 4.98. The fourth-order valence-electron chi connectivity index (χ4n) is 1.78. The number of methoxy groups -OCH3 is 1. The quantitative estimate of drug-likeness (QED) is 0.659. The topological polar surface area (TPSA) is 9.23 Å². The van der Waals surface area contributed by atoms with Crippen molar-refractivity contribution < 1.29 is 4.74 Å². The van der Waals surface area contributed by atoms with Gasteiger partial charge in [-0.25, -0.2) is 0 Å². The van der Waals surface area contributed by atoms with Gasteiger partial charge in [0.25, 0.3) is 0 Å². The smallest absolute Gasteiger partial charge is 0.0574 e. The molecule has 1 nitrogen and oxygen atoms in total. The molecule has 0 bridgehead atoms. The molecule has 1 atom stereocenters. The van der Waals surface area contributed by atoms with E-state index < -0.39 is 0 Å². The minimum atomic E-state index is 0.435. The average Bonchev–Trinajstić information content (AvgIpc) is 2.31. The number of hydrogen-bond acceptors (Lipinski definition) is 1. The van der Waals surface area contributed by atoms with Crippen molar-refractivity contribution in [2.24, 2.45) is 0 Å². The van der Waals surface area contributed by atoms with E-state index in [4.69, 9.17) is 4.74 Å². The molecule has 0 radical (unpaired) electrons. The third-order valence-corrected chi connectivity index (χ3v) is 2.81. The Morgan fingerprint density at radius 3 is 2.47 bits per heavy atom. The van der Waals surface area contributed by atoms with Gasteiger partial charge < -0.3 is 4.74 Å². The fourth-order valence-corrected chi connectivity index (χ4v) is 1.78. The number of aryl methyl sites for hydroxylation is 1. The lowest BCUT2D eigenvalue weighted by atomic mass is 10.0. The second-order valence-corrected chi connectivity index (χ2v) is 4.02. The molecule has 1 heteroatoms. The van der Waals surface area contributed by atoms with Crippen LogP contribution in [0.15, 0.2) is 30.3 Å². The van der Waals surface area contributed by atoms with E-state index in [1.807, 2.05) is 7.11 Å². The Morgan fingerprint density at radius 1 is 1.13 bits per heavy atom. The molecule has 0 N–H and O–H groups in total. The van der Waals surface area contributed by atoms with E-state index in [0.717, 1.165) is 12.8 Å². The van der Waals surface area contributed by atoms with Crippen LogP contribution >= 0.6 is 0 Å². The molecule has 0 aliphatic heterocycles. The van der Waals surface area contributed by atoms with E-state index in [1.54, 1.807) is 0 Å². The first-order valence-electron chi connectivity index (χ1n) is 5.93. The van der Waals surface area contributed by atoms with Crippen LogP contribution in [0, 0.1) is 0 Å². The van der Waals surface area contributed by atoms with Crippen molar-refractivity contribution in [3.63, 3.8) is 0 Å². The second kappa shape index (κ2) is 7.47. The summed E-state index contributed by atoms with van der Waals surface area (Å²) in [7, 11) is 1.82. The maximum absolute atomic E-state index is 5.47. The number of hydrogen-bond donors (Lipinski definition) is 0. The van der Waals surface area contributed by atoms with Gasteiger partial charge in [0.05, 0.1) is 6.10 Å². The number of unbranched alkanes of at least 4 members (excludes halogenated alkanes) is 1. The Bertz CT molecular complexity index is 243. The minimum Gasteiger partial charge on any atom is -0.381 e. The molecule has 0 saturated heterocycles. The maximum atomic E-state index is 5.47. The predicted molar refractivity (Wildman–Crippen MR) is 65.1 cm³/mol. The monoisotopic (exact) mass is 206 g/mol. The lowest BCUT2D eigenvalue weighted by Crippen LogP contribution is -2.11. The van der Waals surface area contributed by atoms with Crippen LogP contribution in [-0.4, -0.2) is 13.2 Å². The molecule has 1 rings (SSSR count). The Morgan fingerprint density at radius 2 is 1.87 bits per heavy atom. The van der Waals surface area contributed by atoms with E-state index in [0.29, 0.717) is 6.10 Å². The van der Waals surface area contributed by atoms with Crippen LogP contribution in [0.2, 0.25) is 0 Å². The van der Waals surface area contributed by atoms with Crippen LogP contribution in [0.4, 0.5) is 0 Å². The van der Waals surface area contributed by atoms with Crippen LogP contribution in [0.1, 0.15) is 38.2 Å². The Balaban J connectivity index is 2.28.